The van der Waals surface area contributed by atoms with Crippen LogP contribution in [0.3, 0.4) is 0 Å². The lowest BCUT2D eigenvalue weighted by atomic mass is 10.1. The van der Waals surface area contributed by atoms with E-state index in [1.54, 1.807) is 16.7 Å². The SMILES string of the molecule is C[C@@H]1Cc2ccccc2N1C(=O)[C@@H](C)Sc1nnc2c(Cl)cc(Cl)cn12. The van der Waals surface area contributed by atoms with Crippen molar-refractivity contribution < 1.29 is 4.79 Å². The zero-order valence-electron chi connectivity index (χ0n) is 14.2. The van der Waals surface area contributed by atoms with Crippen LogP contribution in [0.1, 0.15) is 19.4 Å². The Morgan fingerprint density at radius 2 is 2.08 bits per heavy atom. The van der Waals surface area contributed by atoms with Gasteiger partial charge in [-0.15, -0.1) is 10.2 Å². The monoisotopic (exact) mass is 406 g/mol. The lowest BCUT2D eigenvalue weighted by Crippen LogP contribution is -2.40. The van der Waals surface area contributed by atoms with E-state index in [0.717, 1.165) is 12.1 Å². The van der Waals surface area contributed by atoms with Gasteiger partial charge in [-0.1, -0.05) is 53.2 Å². The molecule has 2 atom stereocenters. The molecule has 3 aromatic rings. The molecule has 0 saturated heterocycles. The van der Waals surface area contributed by atoms with Crippen molar-refractivity contribution in [2.45, 2.75) is 36.7 Å². The third kappa shape index (κ3) is 2.96. The number of aromatic nitrogens is 3. The summed E-state index contributed by atoms with van der Waals surface area (Å²) >= 11 is 13.6. The fourth-order valence-electron chi connectivity index (χ4n) is 3.29. The molecule has 134 valence electrons. The van der Waals surface area contributed by atoms with Gasteiger partial charge in [-0.25, -0.2) is 0 Å². The maximum Gasteiger partial charge on any atom is 0.240 e. The third-order valence-electron chi connectivity index (χ3n) is 4.47. The van der Waals surface area contributed by atoms with Crippen LogP contribution in [0, 0.1) is 0 Å². The number of amides is 1. The molecule has 0 radical (unpaired) electrons. The van der Waals surface area contributed by atoms with E-state index in [2.05, 4.69) is 23.2 Å². The van der Waals surface area contributed by atoms with Gasteiger partial charge in [-0.2, -0.15) is 0 Å². The van der Waals surface area contributed by atoms with Gasteiger partial charge in [0.1, 0.15) is 0 Å². The molecule has 1 amide bonds. The molecule has 0 bridgehead atoms. The first-order chi connectivity index (χ1) is 12.5. The van der Waals surface area contributed by atoms with Crippen LogP contribution in [-0.2, 0) is 11.2 Å². The lowest BCUT2D eigenvalue weighted by molar-refractivity contribution is -0.118. The molecule has 8 heteroatoms. The number of para-hydroxylation sites is 1. The van der Waals surface area contributed by atoms with Gasteiger partial charge in [0.2, 0.25) is 5.91 Å². The molecule has 0 fully saturated rings. The van der Waals surface area contributed by atoms with Gasteiger partial charge < -0.3 is 4.90 Å². The van der Waals surface area contributed by atoms with Gasteiger partial charge in [0.05, 0.1) is 15.3 Å². The number of halogens is 2. The van der Waals surface area contributed by atoms with Crippen LogP contribution in [-0.4, -0.2) is 31.8 Å². The summed E-state index contributed by atoms with van der Waals surface area (Å²) in [7, 11) is 0. The van der Waals surface area contributed by atoms with Crippen LogP contribution in [0.15, 0.2) is 41.7 Å². The summed E-state index contributed by atoms with van der Waals surface area (Å²) in [5, 5.41) is 9.45. The third-order valence-corrected chi connectivity index (χ3v) is 6.00. The van der Waals surface area contributed by atoms with Crippen molar-refractivity contribution in [2.75, 3.05) is 4.90 Å². The number of benzene rings is 1. The number of hydrogen-bond donors (Lipinski definition) is 0. The highest BCUT2D eigenvalue weighted by molar-refractivity contribution is 8.00. The van der Waals surface area contributed by atoms with Crippen molar-refractivity contribution in [3.05, 3.63) is 52.1 Å². The van der Waals surface area contributed by atoms with Crippen LogP contribution in [0.5, 0.6) is 0 Å². The number of carbonyl (C=O) groups excluding carboxylic acids is 1. The second-order valence-electron chi connectivity index (χ2n) is 6.33. The number of hydrogen-bond acceptors (Lipinski definition) is 4. The average Bonchev–Trinajstić information content (AvgIpc) is 3.14. The van der Waals surface area contributed by atoms with Gasteiger partial charge in [-0.05, 0) is 38.0 Å². The van der Waals surface area contributed by atoms with E-state index < -0.39 is 0 Å². The molecule has 4 rings (SSSR count). The molecule has 5 nitrogen and oxygen atoms in total. The number of thioether (sulfide) groups is 1. The molecular weight excluding hydrogens is 391 g/mol. The molecule has 0 spiro atoms. The van der Waals surface area contributed by atoms with E-state index in [-0.39, 0.29) is 17.2 Å². The second-order valence-corrected chi connectivity index (χ2v) is 8.48. The van der Waals surface area contributed by atoms with E-state index in [4.69, 9.17) is 23.2 Å². The zero-order chi connectivity index (χ0) is 18.4. The number of rotatable bonds is 3. The highest BCUT2D eigenvalue weighted by atomic mass is 35.5. The summed E-state index contributed by atoms with van der Waals surface area (Å²) < 4.78 is 1.72. The van der Waals surface area contributed by atoms with Crippen molar-refractivity contribution in [3.8, 4) is 0 Å². The topological polar surface area (TPSA) is 50.5 Å². The molecule has 26 heavy (non-hydrogen) atoms. The molecule has 0 unspecified atom stereocenters. The minimum absolute atomic E-state index is 0.0531. The number of carbonyl (C=O) groups is 1. The van der Waals surface area contributed by atoms with Gasteiger partial charge in [-0.3, -0.25) is 9.20 Å². The first-order valence-electron chi connectivity index (χ1n) is 8.23. The minimum Gasteiger partial charge on any atom is -0.308 e. The fourth-order valence-corrected chi connectivity index (χ4v) is 4.67. The number of pyridine rings is 1. The van der Waals surface area contributed by atoms with Crippen LogP contribution in [0.2, 0.25) is 10.0 Å². The molecule has 3 heterocycles. The average molecular weight is 407 g/mol. The maximum absolute atomic E-state index is 13.1. The highest BCUT2D eigenvalue weighted by Crippen LogP contribution is 2.35. The van der Waals surface area contributed by atoms with Crippen molar-refractivity contribution in [1.29, 1.82) is 0 Å². The van der Waals surface area contributed by atoms with Crippen molar-refractivity contribution in [3.63, 3.8) is 0 Å². The van der Waals surface area contributed by atoms with Crippen LogP contribution in [0.4, 0.5) is 5.69 Å². The summed E-state index contributed by atoms with van der Waals surface area (Å²) in [6.07, 6.45) is 2.58. The van der Waals surface area contributed by atoms with Crippen molar-refractivity contribution in [1.82, 2.24) is 14.6 Å². The van der Waals surface area contributed by atoms with Crippen LogP contribution in [0.25, 0.3) is 5.65 Å². The van der Waals surface area contributed by atoms with Gasteiger partial charge in [0, 0.05) is 17.9 Å². The molecule has 0 saturated carbocycles. The summed E-state index contributed by atoms with van der Waals surface area (Å²) in [4.78, 5) is 15.0. The Kier molecular flexibility index (Phi) is 4.59. The highest BCUT2D eigenvalue weighted by Gasteiger charge is 2.33. The molecule has 1 aromatic carbocycles. The Morgan fingerprint density at radius 1 is 1.31 bits per heavy atom. The van der Waals surface area contributed by atoms with Gasteiger partial charge >= 0.3 is 0 Å². The molecule has 0 N–H and O–H groups in total. The van der Waals surface area contributed by atoms with Crippen LogP contribution < -0.4 is 4.90 Å². The fraction of sp³-hybridized carbons (Fsp3) is 0.278. The van der Waals surface area contributed by atoms with E-state index in [1.165, 1.54) is 17.3 Å². The summed E-state index contributed by atoms with van der Waals surface area (Å²) in [5.74, 6) is 0.0531. The largest absolute Gasteiger partial charge is 0.308 e. The molecule has 2 aromatic heterocycles. The number of nitrogens with zero attached hydrogens (tertiary/aromatic N) is 4. The van der Waals surface area contributed by atoms with Crippen molar-refractivity contribution in [2.24, 2.45) is 0 Å². The summed E-state index contributed by atoms with van der Waals surface area (Å²) in [6.45, 7) is 3.95. The first kappa shape index (κ1) is 17.6. The molecule has 1 aliphatic heterocycles. The van der Waals surface area contributed by atoms with Crippen LogP contribution >= 0.6 is 35.0 Å². The molecular formula is C18H16Cl2N4OS. The predicted octanol–water partition coefficient (Wildman–Crippen LogP) is 4.49. The van der Waals surface area contributed by atoms with E-state index >= 15 is 0 Å². The summed E-state index contributed by atoms with van der Waals surface area (Å²) in [5.41, 5.74) is 2.73. The first-order valence-corrected chi connectivity index (χ1v) is 9.86. The van der Waals surface area contributed by atoms with E-state index in [1.807, 2.05) is 30.0 Å². The second kappa shape index (κ2) is 6.76. The smallest absolute Gasteiger partial charge is 0.240 e. The standard InChI is InChI=1S/C18H16Cl2N4OS/c1-10-7-12-5-3-4-6-15(12)24(10)17(25)11(2)26-18-22-21-16-14(20)8-13(19)9-23(16)18/h3-6,8-11H,7H2,1-2H3/t10-,11-/m1/s1. The van der Waals surface area contributed by atoms with Crippen molar-refractivity contribution >= 4 is 52.2 Å². The normalized spacial score (nSPS) is 17.5. The zero-order valence-corrected chi connectivity index (χ0v) is 16.5. The quantitative estimate of drug-likeness (QED) is 0.601. The molecule has 1 aliphatic rings. The number of fused-ring (bicyclic) bond motifs is 2. The Labute approximate surface area is 165 Å². The Hall–Kier alpha value is -1.76. The number of anilines is 1. The summed E-state index contributed by atoms with van der Waals surface area (Å²) in [6, 6.07) is 9.81. The predicted molar refractivity (Wildman–Crippen MR) is 105 cm³/mol. The molecule has 0 aliphatic carbocycles. The lowest BCUT2D eigenvalue weighted by Gasteiger charge is -2.25. The Balaban J connectivity index is 1.61. The minimum atomic E-state index is -0.325. The van der Waals surface area contributed by atoms with E-state index in [0.29, 0.717) is 20.8 Å². The van der Waals surface area contributed by atoms with Gasteiger partial charge in [0.15, 0.2) is 10.8 Å². The van der Waals surface area contributed by atoms with E-state index in [9.17, 15) is 4.79 Å². The van der Waals surface area contributed by atoms with Gasteiger partial charge in [0.25, 0.3) is 0 Å². The Morgan fingerprint density at radius 3 is 2.88 bits per heavy atom. The maximum atomic E-state index is 13.1. The Bertz CT molecular complexity index is 1010.